The molecular weight excluding hydrogens is 314 g/mol. The molecule has 1 aliphatic rings. The van der Waals surface area contributed by atoms with Crippen molar-refractivity contribution >= 4 is 5.69 Å². The molecule has 1 fully saturated rings. The normalized spacial score (nSPS) is 17.0. The van der Waals surface area contributed by atoms with Crippen LogP contribution in [-0.2, 0) is 0 Å². The van der Waals surface area contributed by atoms with Gasteiger partial charge in [0.2, 0.25) is 0 Å². The third-order valence-electron chi connectivity index (χ3n) is 4.35. The number of phenolic OH excluding ortho intramolecular Hbond substituents is 1. The molecule has 24 heavy (non-hydrogen) atoms. The first kappa shape index (κ1) is 16.7. The maximum absolute atomic E-state index is 13.7. The second-order valence-corrected chi connectivity index (χ2v) is 5.96. The fourth-order valence-electron chi connectivity index (χ4n) is 3.02. The molecule has 0 radical (unpaired) electrons. The van der Waals surface area contributed by atoms with Gasteiger partial charge in [0.15, 0.2) is 0 Å². The number of anilines is 1. The Morgan fingerprint density at radius 3 is 2.08 bits per heavy atom. The van der Waals surface area contributed by atoms with Gasteiger partial charge in [0, 0.05) is 38.4 Å². The molecule has 1 saturated heterocycles. The number of benzene rings is 2. The van der Waals surface area contributed by atoms with Gasteiger partial charge in [-0.2, -0.15) is 0 Å². The van der Waals surface area contributed by atoms with Crippen molar-refractivity contribution in [1.82, 2.24) is 4.90 Å². The predicted molar refractivity (Wildman–Crippen MR) is 88.1 cm³/mol. The summed E-state index contributed by atoms with van der Waals surface area (Å²) in [5.74, 6) is -1.21. The highest BCUT2D eigenvalue weighted by Gasteiger charge is 2.23. The Morgan fingerprint density at radius 1 is 0.917 bits per heavy atom. The van der Waals surface area contributed by atoms with Crippen molar-refractivity contribution in [1.29, 1.82) is 0 Å². The third kappa shape index (κ3) is 3.66. The smallest absolute Gasteiger partial charge is 0.131 e. The Hall–Kier alpha value is -2.18. The van der Waals surface area contributed by atoms with E-state index in [1.54, 1.807) is 12.1 Å². The number of aromatic hydroxyl groups is 1. The zero-order chi connectivity index (χ0) is 17.1. The first-order valence-electron chi connectivity index (χ1n) is 7.93. The minimum atomic E-state index is -1.19. The molecular formula is C18H20F2N2O2. The van der Waals surface area contributed by atoms with Crippen LogP contribution in [0, 0.1) is 11.6 Å². The van der Waals surface area contributed by atoms with Gasteiger partial charge in [0.05, 0.1) is 11.7 Å². The van der Waals surface area contributed by atoms with Crippen LogP contribution in [-0.4, -0.2) is 47.8 Å². The fourth-order valence-corrected chi connectivity index (χ4v) is 3.02. The summed E-state index contributed by atoms with van der Waals surface area (Å²) < 4.78 is 27.4. The summed E-state index contributed by atoms with van der Waals surface area (Å²) in [6, 6.07) is 10.6. The van der Waals surface area contributed by atoms with Gasteiger partial charge in [-0.05, 0) is 36.4 Å². The van der Waals surface area contributed by atoms with E-state index >= 15 is 0 Å². The van der Waals surface area contributed by atoms with E-state index in [0.29, 0.717) is 13.1 Å². The van der Waals surface area contributed by atoms with E-state index in [-0.39, 0.29) is 17.9 Å². The van der Waals surface area contributed by atoms with Crippen LogP contribution < -0.4 is 4.90 Å². The molecule has 0 spiro atoms. The molecule has 6 heteroatoms. The summed E-state index contributed by atoms with van der Waals surface area (Å²) >= 11 is 0. The van der Waals surface area contributed by atoms with E-state index in [1.165, 1.54) is 6.07 Å². The highest BCUT2D eigenvalue weighted by atomic mass is 19.1. The van der Waals surface area contributed by atoms with Crippen LogP contribution in [0.25, 0.3) is 0 Å². The number of rotatable bonds is 4. The number of halogens is 2. The molecule has 0 saturated carbocycles. The minimum Gasteiger partial charge on any atom is -0.508 e. The number of β-amino-alcohol motifs (C(OH)–C–C–N with tert-alkyl or cyclic N) is 1. The van der Waals surface area contributed by atoms with Crippen LogP contribution in [0.3, 0.4) is 0 Å². The highest BCUT2D eigenvalue weighted by molar-refractivity contribution is 5.49. The van der Waals surface area contributed by atoms with Gasteiger partial charge in [0.25, 0.3) is 0 Å². The average Bonchev–Trinajstić information content (AvgIpc) is 2.56. The second kappa shape index (κ2) is 7.15. The van der Waals surface area contributed by atoms with Gasteiger partial charge in [-0.3, -0.25) is 4.90 Å². The lowest BCUT2D eigenvalue weighted by Crippen LogP contribution is -2.47. The van der Waals surface area contributed by atoms with Gasteiger partial charge >= 0.3 is 0 Å². The van der Waals surface area contributed by atoms with Gasteiger partial charge in [-0.25, -0.2) is 8.78 Å². The van der Waals surface area contributed by atoms with Crippen LogP contribution in [0.2, 0.25) is 0 Å². The van der Waals surface area contributed by atoms with Crippen molar-refractivity contribution in [2.75, 3.05) is 37.6 Å². The van der Waals surface area contributed by atoms with Gasteiger partial charge in [0.1, 0.15) is 17.4 Å². The summed E-state index contributed by atoms with van der Waals surface area (Å²) in [7, 11) is 0. The van der Waals surface area contributed by atoms with Crippen LogP contribution in [0.15, 0.2) is 42.5 Å². The fraction of sp³-hybridized carbons (Fsp3) is 0.333. The topological polar surface area (TPSA) is 46.9 Å². The summed E-state index contributed by atoms with van der Waals surface area (Å²) in [6.07, 6.45) is -1.19. The number of hydrogen-bond donors (Lipinski definition) is 2. The zero-order valence-electron chi connectivity index (χ0n) is 13.2. The zero-order valence-corrected chi connectivity index (χ0v) is 13.2. The van der Waals surface area contributed by atoms with Crippen LogP contribution in [0.5, 0.6) is 5.75 Å². The molecule has 1 atom stereocenters. The van der Waals surface area contributed by atoms with E-state index in [0.717, 1.165) is 30.9 Å². The SMILES string of the molecule is Oc1ccc(N2CCN(CC(O)c3c(F)cccc3F)CC2)cc1. The number of hydrogen-bond acceptors (Lipinski definition) is 4. The van der Waals surface area contributed by atoms with Gasteiger partial charge in [-0.1, -0.05) is 6.07 Å². The molecule has 0 aromatic heterocycles. The van der Waals surface area contributed by atoms with Gasteiger partial charge < -0.3 is 15.1 Å². The van der Waals surface area contributed by atoms with Crippen LogP contribution in [0.4, 0.5) is 14.5 Å². The summed E-state index contributed by atoms with van der Waals surface area (Å²) in [5.41, 5.74) is 0.756. The summed E-state index contributed by atoms with van der Waals surface area (Å²) in [4.78, 5) is 4.17. The van der Waals surface area contributed by atoms with Crippen molar-refractivity contribution < 1.29 is 19.0 Å². The average molecular weight is 334 g/mol. The van der Waals surface area contributed by atoms with E-state index in [9.17, 15) is 19.0 Å². The lowest BCUT2D eigenvalue weighted by atomic mass is 10.1. The van der Waals surface area contributed by atoms with E-state index < -0.39 is 17.7 Å². The molecule has 2 N–H and O–H groups in total. The van der Waals surface area contributed by atoms with Crippen molar-refractivity contribution in [3.05, 3.63) is 59.7 Å². The quantitative estimate of drug-likeness (QED) is 0.902. The second-order valence-electron chi connectivity index (χ2n) is 5.96. The van der Waals surface area contributed by atoms with Crippen LogP contribution in [0.1, 0.15) is 11.7 Å². The molecule has 3 rings (SSSR count). The Balaban J connectivity index is 1.58. The number of phenols is 1. The highest BCUT2D eigenvalue weighted by Crippen LogP contribution is 2.23. The van der Waals surface area contributed by atoms with Crippen molar-refractivity contribution in [3.8, 4) is 5.75 Å². The Morgan fingerprint density at radius 2 is 1.50 bits per heavy atom. The van der Waals surface area contributed by atoms with Crippen molar-refractivity contribution in [2.24, 2.45) is 0 Å². The number of aliphatic hydroxyl groups excluding tert-OH is 1. The minimum absolute atomic E-state index is 0.196. The molecule has 1 heterocycles. The Labute approximate surface area is 139 Å². The third-order valence-corrected chi connectivity index (χ3v) is 4.35. The Bertz CT molecular complexity index is 666. The molecule has 0 aliphatic carbocycles. The number of aliphatic hydroxyl groups is 1. The van der Waals surface area contributed by atoms with Crippen LogP contribution >= 0.6 is 0 Å². The molecule has 2 aromatic rings. The maximum atomic E-state index is 13.7. The number of piperazine rings is 1. The molecule has 1 unspecified atom stereocenters. The van der Waals surface area contributed by atoms with Crippen molar-refractivity contribution in [2.45, 2.75) is 6.10 Å². The molecule has 4 nitrogen and oxygen atoms in total. The Kier molecular flexibility index (Phi) is 4.97. The van der Waals surface area contributed by atoms with E-state index in [2.05, 4.69) is 4.90 Å². The summed E-state index contributed by atoms with van der Waals surface area (Å²) in [5, 5.41) is 19.5. The maximum Gasteiger partial charge on any atom is 0.131 e. The van der Waals surface area contributed by atoms with E-state index in [1.807, 2.05) is 17.0 Å². The van der Waals surface area contributed by atoms with E-state index in [4.69, 9.17) is 0 Å². The molecule has 128 valence electrons. The standard InChI is InChI=1S/C18H20F2N2O2/c19-15-2-1-3-16(20)18(15)17(24)12-21-8-10-22(11-9-21)13-4-6-14(23)7-5-13/h1-7,17,23-24H,8-12H2. The largest absolute Gasteiger partial charge is 0.508 e. The van der Waals surface area contributed by atoms with Gasteiger partial charge in [-0.15, -0.1) is 0 Å². The number of nitrogens with zero attached hydrogens (tertiary/aromatic N) is 2. The lowest BCUT2D eigenvalue weighted by molar-refractivity contribution is 0.103. The van der Waals surface area contributed by atoms with Crippen molar-refractivity contribution in [3.63, 3.8) is 0 Å². The molecule has 0 bridgehead atoms. The molecule has 1 aliphatic heterocycles. The monoisotopic (exact) mass is 334 g/mol. The molecule has 0 amide bonds. The first-order valence-corrected chi connectivity index (χ1v) is 7.93. The predicted octanol–water partition coefficient (Wildman–Crippen LogP) is 2.53. The first-order chi connectivity index (χ1) is 11.5. The lowest BCUT2D eigenvalue weighted by Gasteiger charge is -2.37. The molecule has 2 aromatic carbocycles. The summed E-state index contributed by atoms with van der Waals surface area (Å²) in [6.45, 7) is 3.07.